The molecular formula is C18H26N4O2S. The zero-order valence-electron chi connectivity index (χ0n) is 15.6. The van der Waals surface area contributed by atoms with E-state index in [0.717, 1.165) is 29.2 Å². The molecule has 3 heterocycles. The van der Waals surface area contributed by atoms with E-state index in [0.29, 0.717) is 18.2 Å². The zero-order valence-corrected chi connectivity index (χ0v) is 16.4. The van der Waals surface area contributed by atoms with Crippen molar-refractivity contribution in [3.05, 3.63) is 29.2 Å². The van der Waals surface area contributed by atoms with Gasteiger partial charge >= 0.3 is 0 Å². The maximum Gasteiger partial charge on any atom is 0.177 e. The molecule has 0 amide bonds. The van der Waals surface area contributed by atoms with Gasteiger partial charge in [-0.3, -0.25) is 0 Å². The van der Waals surface area contributed by atoms with Gasteiger partial charge in [0.25, 0.3) is 0 Å². The molecule has 0 N–H and O–H groups in total. The van der Waals surface area contributed by atoms with E-state index in [4.69, 9.17) is 10.1 Å². The smallest absolute Gasteiger partial charge is 0.177 e. The van der Waals surface area contributed by atoms with Gasteiger partial charge in [-0.15, -0.1) is 0 Å². The average Bonchev–Trinajstić information content (AvgIpc) is 2.99. The summed E-state index contributed by atoms with van der Waals surface area (Å²) in [4.78, 5) is 9.36. The predicted octanol–water partition coefficient (Wildman–Crippen LogP) is 2.69. The Morgan fingerprint density at radius 3 is 2.52 bits per heavy atom. The van der Waals surface area contributed by atoms with Crippen LogP contribution in [-0.4, -0.2) is 39.7 Å². The monoisotopic (exact) mass is 362 g/mol. The molecule has 0 spiro atoms. The van der Waals surface area contributed by atoms with Crippen molar-refractivity contribution in [1.29, 1.82) is 0 Å². The molecule has 0 bridgehead atoms. The lowest BCUT2D eigenvalue weighted by atomic mass is 10.0. The van der Waals surface area contributed by atoms with E-state index in [2.05, 4.69) is 18.8 Å². The number of nitrogens with zero attached hydrogens (tertiary/aromatic N) is 4. The normalized spacial score (nSPS) is 22.6. The third-order valence-electron chi connectivity index (χ3n) is 4.56. The molecule has 1 aliphatic heterocycles. The van der Waals surface area contributed by atoms with Crippen LogP contribution in [0.2, 0.25) is 0 Å². The second-order valence-electron chi connectivity index (χ2n) is 7.87. The Kier molecular flexibility index (Phi) is 4.47. The Bertz CT molecular complexity index is 882. The number of hydrogen-bond acceptors (Lipinski definition) is 5. The van der Waals surface area contributed by atoms with Crippen LogP contribution in [0, 0.1) is 19.8 Å². The molecule has 0 aliphatic carbocycles. The Labute approximate surface area is 149 Å². The van der Waals surface area contributed by atoms with Crippen LogP contribution in [-0.2, 0) is 21.8 Å². The molecule has 6 nitrogen and oxygen atoms in total. The van der Waals surface area contributed by atoms with Crippen LogP contribution < -0.4 is 0 Å². The zero-order chi connectivity index (χ0) is 18.4. The molecule has 136 valence electrons. The molecule has 2 aromatic rings. The van der Waals surface area contributed by atoms with Gasteiger partial charge in [0, 0.05) is 12.1 Å². The van der Waals surface area contributed by atoms with Crippen molar-refractivity contribution >= 4 is 9.84 Å². The van der Waals surface area contributed by atoms with Gasteiger partial charge in [0.15, 0.2) is 21.5 Å². The maximum atomic E-state index is 12.1. The van der Waals surface area contributed by atoms with E-state index >= 15 is 0 Å². The molecule has 1 saturated heterocycles. The van der Waals surface area contributed by atoms with Crippen LogP contribution in [0.25, 0.3) is 11.5 Å². The highest BCUT2D eigenvalue weighted by atomic mass is 32.2. The van der Waals surface area contributed by atoms with Crippen LogP contribution in [0.1, 0.15) is 44.3 Å². The van der Waals surface area contributed by atoms with E-state index in [9.17, 15) is 8.42 Å². The third-order valence-corrected chi connectivity index (χ3v) is 6.45. The van der Waals surface area contributed by atoms with Crippen molar-refractivity contribution in [1.82, 2.24) is 19.7 Å². The van der Waals surface area contributed by atoms with Gasteiger partial charge in [-0.1, -0.05) is 13.8 Å². The third kappa shape index (κ3) is 3.76. The topological polar surface area (TPSA) is 77.7 Å². The molecule has 0 aromatic carbocycles. The average molecular weight is 362 g/mol. The summed E-state index contributed by atoms with van der Waals surface area (Å²) in [5.41, 5.74) is 2.20. The van der Waals surface area contributed by atoms with Gasteiger partial charge in [0.2, 0.25) is 0 Å². The summed E-state index contributed by atoms with van der Waals surface area (Å²) < 4.78 is 26.0. The van der Waals surface area contributed by atoms with Crippen molar-refractivity contribution < 1.29 is 8.42 Å². The SMILES string of the molecule is Cc1cc(C)nc(-c2nc(CC(C)C)nn2C2(C)CCS(=O)(=O)C2)c1. The lowest BCUT2D eigenvalue weighted by molar-refractivity contribution is 0.329. The number of pyridine rings is 1. The first-order valence-corrected chi connectivity index (χ1v) is 10.5. The predicted molar refractivity (Wildman–Crippen MR) is 98.2 cm³/mol. The highest BCUT2D eigenvalue weighted by Crippen LogP contribution is 2.33. The van der Waals surface area contributed by atoms with Gasteiger partial charge in [-0.05, 0) is 50.8 Å². The van der Waals surface area contributed by atoms with Gasteiger partial charge < -0.3 is 0 Å². The summed E-state index contributed by atoms with van der Waals surface area (Å²) in [7, 11) is -3.04. The van der Waals surface area contributed by atoms with E-state index in [1.165, 1.54) is 0 Å². The van der Waals surface area contributed by atoms with Crippen molar-refractivity contribution in [3.63, 3.8) is 0 Å². The molecule has 1 atom stereocenters. The van der Waals surface area contributed by atoms with E-state index in [1.807, 2.05) is 37.6 Å². The van der Waals surface area contributed by atoms with E-state index in [1.54, 1.807) is 0 Å². The number of aryl methyl sites for hydroxylation is 2. The summed E-state index contributed by atoms with van der Waals surface area (Å²) in [6.07, 6.45) is 1.31. The first-order chi connectivity index (χ1) is 11.6. The quantitative estimate of drug-likeness (QED) is 0.836. The summed E-state index contributed by atoms with van der Waals surface area (Å²) in [6, 6.07) is 4.00. The molecule has 2 aromatic heterocycles. The molecule has 0 radical (unpaired) electrons. The highest BCUT2D eigenvalue weighted by molar-refractivity contribution is 7.91. The van der Waals surface area contributed by atoms with Crippen LogP contribution >= 0.6 is 0 Å². The number of rotatable bonds is 4. The second-order valence-corrected chi connectivity index (χ2v) is 10.1. The number of sulfone groups is 1. The highest BCUT2D eigenvalue weighted by Gasteiger charge is 2.42. The van der Waals surface area contributed by atoms with Crippen molar-refractivity contribution in [2.75, 3.05) is 11.5 Å². The van der Waals surface area contributed by atoms with E-state index < -0.39 is 15.4 Å². The Morgan fingerprint density at radius 1 is 1.24 bits per heavy atom. The molecule has 25 heavy (non-hydrogen) atoms. The summed E-state index contributed by atoms with van der Waals surface area (Å²) in [5, 5.41) is 4.71. The molecular weight excluding hydrogens is 336 g/mol. The van der Waals surface area contributed by atoms with E-state index in [-0.39, 0.29) is 11.5 Å². The fraction of sp³-hybridized carbons (Fsp3) is 0.611. The fourth-order valence-corrected chi connectivity index (χ4v) is 5.57. The fourth-order valence-electron chi connectivity index (χ4n) is 3.46. The minimum Gasteiger partial charge on any atom is -0.250 e. The van der Waals surface area contributed by atoms with Crippen molar-refractivity contribution in [2.45, 2.75) is 53.0 Å². The number of aromatic nitrogens is 4. The largest absolute Gasteiger partial charge is 0.250 e. The molecule has 0 saturated carbocycles. The standard InChI is InChI=1S/C18H26N4O2S/c1-12(2)8-16-20-17(15-10-13(3)9-14(4)19-15)22(21-16)18(5)6-7-25(23,24)11-18/h9-10,12H,6-8,11H2,1-5H3. The van der Waals surface area contributed by atoms with Crippen LogP contribution in [0.15, 0.2) is 12.1 Å². The van der Waals surface area contributed by atoms with Crippen LogP contribution in [0.4, 0.5) is 0 Å². The molecule has 7 heteroatoms. The molecule has 1 fully saturated rings. The lowest BCUT2D eigenvalue weighted by Crippen LogP contribution is -2.33. The summed E-state index contributed by atoms with van der Waals surface area (Å²) in [5.74, 6) is 2.14. The summed E-state index contributed by atoms with van der Waals surface area (Å²) >= 11 is 0. The minimum atomic E-state index is -3.04. The lowest BCUT2D eigenvalue weighted by Gasteiger charge is -2.24. The van der Waals surface area contributed by atoms with Gasteiger partial charge in [-0.2, -0.15) is 5.10 Å². The van der Waals surface area contributed by atoms with Crippen molar-refractivity contribution in [3.8, 4) is 11.5 Å². The van der Waals surface area contributed by atoms with Gasteiger partial charge in [-0.25, -0.2) is 23.1 Å². The second kappa shape index (κ2) is 6.20. The molecule has 1 aliphatic rings. The summed E-state index contributed by atoms with van der Waals surface area (Å²) in [6.45, 7) is 10.2. The maximum absolute atomic E-state index is 12.1. The molecule has 1 unspecified atom stereocenters. The Balaban J connectivity index is 2.15. The van der Waals surface area contributed by atoms with Crippen molar-refractivity contribution in [2.24, 2.45) is 5.92 Å². The minimum absolute atomic E-state index is 0.0995. The van der Waals surface area contributed by atoms with Gasteiger partial charge in [0.1, 0.15) is 5.69 Å². The Morgan fingerprint density at radius 2 is 1.96 bits per heavy atom. The molecule has 3 rings (SSSR count). The number of hydrogen-bond donors (Lipinski definition) is 0. The van der Waals surface area contributed by atoms with Crippen LogP contribution in [0.5, 0.6) is 0 Å². The first-order valence-electron chi connectivity index (χ1n) is 8.70. The van der Waals surface area contributed by atoms with Gasteiger partial charge in [0.05, 0.1) is 17.0 Å². The van der Waals surface area contributed by atoms with Crippen LogP contribution in [0.3, 0.4) is 0 Å². The first kappa shape index (κ1) is 18.0. The Hall–Kier alpha value is -1.76.